The largest absolute Gasteiger partial charge is 0.306 e. The summed E-state index contributed by atoms with van der Waals surface area (Å²) in [5, 5.41) is 3.49. The molecule has 0 bridgehead atoms. The third-order valence-corrected chi connectivity index (χ3v) is 3.71. The monoisotopic (exact) mass is 289 g/mol. The Morgan fingerprint density at radius 2 is 1.57 bits per heavy atom. The first-order valence-electron chi connectivity index (χ1n) is 7.21. The maximum Gasteiger partial charge on any atom is 0.123 e. The van der Waals surface area contributed by atoms with Crippen LogP contribution in [0.1, 0.15) is 36.6 Å². The van der Waals surface area contributed by atoms with Crippen LogP contribution in [0.3, 0.4) is 0 Å². The Labute approximate surface area is 125 Å². The van der Waals surface area contributed by atoms with E-state index in [1.807, 2.05) is 19.1 Å². The van der Waals surface area contributed by atoms with Gasteiger partial charge >= 0.3 is 0 Å². The molecule has 0 fully saturated rings. The molecule has 3 heteroatoms. The molecule has 0 radical (unpaired) electrons. The lowest BCUT2D eigenvalue weighted by atomic mass is 9.95. The molecule has 1 N–H and O–H groups in total. The summed E-state index contributed by atoms with van der Waals surface area (Å²) >= 11 is 0. The molecule has 0 saturated carbocycles. The van der Waals surface area contributed by atoms with Gasteiger partial charge in [0.1, 0.15) is 11.6 Å². The fraction of sp³-hybridized carbons (Fsp3) is 0.333. The Balaban J connectivity index is 2.12. The van der Waals surface area contributed by atoms with E-state index < -0.39 is 0 Å². The third kappa shape index (κ3) is 4.11. The Kier molecular flexibility index (Phi) is 5.07. The highest BCUT2D eigenvalue weighted by Crippen LogP contribution is 2.23. The van der Waals surface area contributed by atoms with Gasteiger partial charge in [-0.25, -0.2) is 8.78 Å². The van der Waals surface area contributed by atoms with Crippen LogP contribution in [-0.4, -0.2) is 0 Å². The molecule has 0 spiro atoms. The minimum atomic E-state index is -0.226. The van der Waals surface area contributed by atoms with Crippen LogP contribution in [0.5, 0.6) is 0 Å². The third-order valence-electron chi connectivity index (χ3n) is 3.71. The molecule has 1 atom stereocenters. The number of benzene rings is 2. The van der Waals surface area contributed by atoms with Crippen LogP contribution >= 0.6 is 0 Å². The second kappa shape index (κ2) is 6.81. The smallest absolute Gasteiger partial charge is 0.123 e. The highest BCUT2D eigenvalue weighted by Gasteiger charge is 2.15. The van der Waals surface area contributed by atoms with E-state index in [1.165, 1.54) is 18.2 Å². The summed E-state index contributed by atoms with van der Waals surface area (Å²) < 4.78 is 26.2. The van der Waals surface area contributed by atoms with Crippen LogP contribution < -0.4 is 5.32 Å². The van der Waals surface area contributed by atoms with E-state index in [1.54, 1.807) is 12.1 Å². The molecule has 1 unspecified atom stereocenters. The van der Waals surface area contributed by atoms with E-state index in [-0.39, 0.29) is 17.7 Å². The lowest BCUT2D eigenvalue weighted by molar-refractivity contribution is 0.409. The van der Waals surface area contributed by atoms with Crippen molar-refractivity contribution < 1.29 is 8.78 Å². The summed E-state index contributed by atoms with van der Waals surface area (Å²) in [5.74, 6) is -0.0676. The second-order valence-corrected chi connectivity index (χ2v) is 5.72. The molecular formula is C18H21F2N. The summed E-state index contributed by atoms with van der Waals surface area (Å²) in [6.07, 6.45) is 0. The van der Waals surface area contributed by atoms with Crippen molar-refractivity contribution in [2.75, 3.05) is 0 Å². The van der Waals surface area contributed by atoms with Crippen molar-refractivity contribution in [3.05, 3.63) is 70.8 Å². The maximum atomic E-state index is 13.1. The van der Waals surface area contributed by atoms with Crippen molar-refractivity contribution in [3.8, 4) is 0 Å². The van der Waals surface area contributed by atoms with Crippen LogP contribution in [0.2, 0.25) is 0 Å². The van der Waals surface area contributed by atoms with Crippen molar-refractivity contribution in [3.63, 3.8) is 0 Å². The predicted octanol–water partition coefficient (Wildman–Crippen LogP) is 4.76. The molecular weight excluding hydrogens is 268 g/mol. The van der Waals surface area contributed by atoms with Gasteiger partial charge in [0.05, 0.1) is 0 Å². The van der Waals surface area contributed by atoms with Gasteiger partial charge in [0.2, 0.25) is 0 Å². The quantitative estimate of drug-likeness (QED) is 0.836. The topological polar surface area (TPSA) is 12.0 Å². The molecule has 0 aliphatic heterocycles. The Morgan fingerprint density at radius 1 is 0.952 bits per heavy atom. The average Bonchev–Trinajstić information content (AvgIpc) is 2.42. The van der Waals surface area contributed by atoms with Gasteiger partial charge in [-0.1, -0.05) is 32.0 Å². The number of halogens is 2. The number of hydrogen-bond acceptors (Lipinski definition) is 1. The first-order chi connectivity index (χ1) is 9.97. The highest BCUT2D eigenvalue weighted by molar-refractivity contribution is 5.27. The van der Waals surface area contributed by atoms with Crippen molar-refractivity contribution in [2.24, 2.45) is 5.92 Å². The molecule has 0 heterocycles. The van der Waals surface area contributed by atoms with Crippen LogP contribution in [0.25, 0.3) is 0 Å². The number of nitrogens with one attached hydrogen (secondary N) is 1. The van der Waals surface area contributed by atoms with Crippen LogP contribution in [-0.2, 0) is 6.54 Å². The van der Waals surface area contributed by atoms with Gasteiger partial charge in [-0.3, -0.25) is 0 Å². The molecule has 21 heavy (non-hydrogen) atoms. The van der Waals surface area contributed by atoms with Crippen LogP contribution in [0.15, 0.2) is 42.5 Å². The first-order valence-corrected chi connectivity index (χ1v) is 7.21. The molecule has 0 amide bonds. The Hall–Kier alpha value is -1.74. The second-order valence-electron chi connectivity index (χ2n) is 5.72. The zero-order valence-corrected chi connectivity index (χ0v) is 12.7. The molecule has 0 aromatic heterocycles. The van der Waals surface area contributed by atoms with Gasteiger partial charge in [-0.15, -0.1) is 0 Å². The lowest BCUT2D eigenvalue weighted by Crippen LogP contribution is -2.25. The van der Waals surface area contributed by atoms with Crippen molar-refractivity contribution in [2.45, 2.75) is 33.4 Å². The van der Waals surface area contributed by atoms with Gasteiger partial charge in [-0.05, 0) is 53.8 Å². The first kappa shape index (κ1) is 15.6. The predicted molar refractivity (Wildman–Crippen MR) is 82.0 cm³/mol. The van der Waals surface area contributed by atoms with Crippen molar-refractivity contribution in [1.82, 2.24) is 5.32 Å². The summed E-state index contributed by atoms with van der Waals surface area (Å²) in [4.78, 5) is 0. The fourth-order valence-electron chi connectivity index (χ4n) is 2.49. The molecule has 0 aliphatic carbocycles. The summed E-state index contributed by atoms with van der Waals surface area (Å²) in [6.45, 7) is 6.81. The minimum absolute atomic E-state index is 0.134. The van der Waals surface area contributed by atoms with E-state index >= 15 is 0 Å². The zero-order chi connectivity index (χ0) is 15.4. The standard InChI is InChI=1S/C18H21F2N/c1-12(2)18(14-4-7-16(19)8-5-14)21-11-15-6-9-17(20)10-13(15)3/h4-10,12,18,21H,11H2,1-3H3. The van der Waals surface area contributed by atoms with Gasteiger partial charge in [0, 0.05) is 12.6 Å². The Bertz CT molecular complexity index is 591. The van der Waals surface area contributed by atoms with Gasteiger partial charge < -0.3 is 5.32 Å². The molecule has 0 saturated heterocycles. The number of aryl methyl sites for hydroxylation is 1. The highest BCUT2D eigenvalue weighted by atomic mass is 19.1. The summed E-state index contributed by atoms with van der Waals surface area (Å²) in [5.41, 5.74) is 3.07. The number of hydrogen-bond donors (Lipinski definition) is 1. The van der Waals surface area contributed by atoms with Gasteiger partial charge in [-0.2, -0.15) is 0 Å². The number of rotatable bonds is 5. The van der Waals surface area contributed by atoms with Crippen LogP contribution in [0.4, 0.5) is 8.78 Å². The van der Waals surface area contributed by atoms with Gasteiger partial charge in [0.25, 0.3) is 0 Å². The van der Waals surface area contributed by atoms with E-state index in [0.29, 0.717) is 12.5 Å². The molecule has 2 aromatic carbocycles. The summed E-state index contributed by atoms with van der Waals surface area (Å²) in [7, 11) is 0. The molecule has 112 valence electrons. The van der Waals surface area contributed by atoms with Crippen molar-refractivity contribution in [1.29, 1.82) is 0 Å². The molecule has 2 aromatic rings. The minimum Gasteiger partial charge on any atom is -0.306 e. The van der Waals surface area contributed by atoms with E-state index in [0.717, 1.165) is 16.7 Å². The van der Waals surface area contributed by atoms with E-state index in [9.17, 15) is 8.78 Å². The normalized spacial score (nSPS) is 12.7. The molecule has 1 nitrogen and oxygen atoms in total. The Morgan fingerprint density at radius 3 is 2.14 bits per heavy atom. The molecule has 2 rings (SSSR count). The molecule has 0 aliphatic rings. The lowest BCUT2D eigenvalue weighted by Gasteiger charge is -2.23. The van der Waals surface area contributed by atoms with E-state index in [2.05, 4.69) is 19.2 Å². The zero-order valence-electron chi connectivity index (χ0n) is 12.7. The summed E-state index contributed by atoms with van der Waals surface area (Å²) in [6, 6.07) is 11.5. The SMILES string of the molecule is Cc1cc(F)ccc1CNC(c1ccc(F)cc1)C(C)C. The fourth-order valence-corrected chi connectivity index (χ4v) is 2.49. The van der Waals surface area contributed by atoms with Crippen molar-refractivity contribution >= 4 is 0 Å². The average molecular weight is 289 g/mol. The van der Waals surface area contributed by atoms with Gasteiger partial charge in [0.15, 0.2) is 0 Å². The maximum absolute atomic E-state index is 13.1. The van der Waals surface area contributed by atoms with Crippen LogP contribution in [0, 0.1) is 24.5 Å². The van der Waals surface area contributed by atoms with E-state index in [4.69, 9.17) is 0 Å².